The van der Waals surface area contributed by atoms with E-state index in [4.69, 9.17) is 4.74 Å². The minimum atomic E-state index is -0.443. The molecular formula is C14H21BrO2. The molecule has 1 fully saturated rings. The molecule has 1 N–H and O–H groups in total. The molecular weight excluding hydrogens is 280 g/mol. The van der Waals surface area contributed by atoms with Crippen molar-refractivity contribution >= 4 is 15.9 Å². The van der Waals surface area contributed by atoms with Crippen LogP contribution >= 0.6 is 15.9 Å². The first kappa shape index (κ1) is 14.5. The lowest BCUT2D eigenvalue weighted by Gasteiger charge is -2.10. The normalized spacial score (nSPS) is 19.6. The second kappa shape index (κ2) is 6.41. The number of halogens is 1. The van der Waals surface area contributed by atoms with E-state index < -0.39 is 5.60 Å². The molecule has 0 saturated heterocycles. The summed E-state index contributed by atoms with van der Waals surface area (Å²) in [5.41, 5.74) is 0.703. The van der Waals surface area contributed by atoms with Gasteiger partial charge in [0, 0.05) is 6.42 Å². The maximum Gasteiger partial charge on any atom is 0.118 e. The summed E-state index contributed by atoms with van der Waals surface area (Å²) >= 11 is 3.52. The van der Waals surface area contributed by atoms with Crippen LogP contribution in [0.5, 0.6) is 0 Å². The van der Waals surface area contributed by atoms with Gasteiger partial charge in [-0.3, -0.25) is 0 Å². The van der Waals surface area contributed by atoms with Gasteiger partial charge in [0.1, 0.15) is 5.76 Å². The van der Waals surface area contributed by atoms with Crippen molar-refractivity contribution in [2.75, 3.05) is 6.61 Å². The largest absolute Gasteiger partial charge is 0.493 e. The Morgan fingerprint density at radius 3 is 2.65 bits per heavy atom. The Bertz CT molecular complexity index is 338. The highest BCUT2D eigenvalue weighted by Crippen LogP contribution is 2.38. The first-order valence-corrected chi connectivity index (χ1v) is 6.84. The van der Waals surface area contributed by atoms with Crippen molar-refractivity contribution in [3.05, 3.63) is 34.5 Å². The summed E-state index contributed by atoms with van der Waals surface area (Å²) in [6, 6.07) is 0. The van der Waals surface area contributed by atoms with Gasteiger partial charge in [0.25, 0.3) is 0 Å². The maximum absolute atomic E-state index is 9.68. The number of ether oxygens (including phenoxy) is 1. The smallest absolute Gasteiger partial charge is 0.118 e. The molecule has 0 atom stereocenters. The van der Waals surface area contributed by atoms with Crippen LogP contribution < -0.4 is 0 Å². The highest BCUT2D eigenvalue weighted by atomic mass is 79.9. The van der Waals surface area contributed by atoms with Crippen LogP contribution in [0.4, 0.5) is 0 Å². The molecule has 0 aromatic rings. The third kappa shape index (κ3) is 5.09. The predicted molar refractivity (Wildman–Crippen MR) is 75.0 cm³/mol. The quantitative estimate of drug-likeness (QED) is 0.567. The number of rotatable bonds is 7. The summed E-state index contributed by atoms with van der Waals surface area (Å²) in [4.78, 5) is 0. The fourth-order valence-corrected chi connectivity index (χ4v) is 1.60. The van der Waals surface area contributed by atoms with Gasteiger partial charge < -0.3 is 9.84 Å². The van der Waals surface area contributed by atoms with Crippen molar-refractivity contribution in [3.8, 4) is 0 Å². The molecule has 96 valence electrons. The molecule has 1 aliphatic rings. The second-order valence-electron chi connectivity index (χ2n) is 4.52. The topological polar surface area (TPSA) is 29.5 Å². The lowest BCUT2D eigenvalue weighted by atomic mass is 10.2. The SMILES string of the molecule is C=C/C(=C\C(C)=C(\Br)CC)OCCC1(O)CC1. The first-order chi connectivity index (χ1) is 8.00. The van der Waals surface area contributed by atoms with E-state index in [1.54, 1.807) is 6.08 Å². The van der Waals surface area contributed by atoms with Crippen LogP contribution in [0, 0.1) is 0 Å². The molecule has 0 bridgehead atoms. The summed E-state index contributed by atoms with van der Waals surface area (Å²) in [5, 5.41) is 9.68. The monoisotopic (exact) mass is 300 g/mol. The molecule has 0 aromatic carbocycles. The van der Waals surface area contributed by atoms with Gasteiger partial charge in [0.15, 0.2) is 0 Å². The Hall–Kier alpha value is -0.540. The summed E-state index contributed by atoms with van der Waals surface area (Å²) < 4.78 is 6.77. The summed E-state index contributed by atoms with van der Waals surface area (Å²) in [6.45, 7) is 8.42. The lowest BCUT2D eigenvalue weighted by Crippen LogP contribution is -2.10. The highest BCUT2D eigenvalue weighted by molar-refractivity contribution is 9.11. The molecule has 0 unspecified atom stereocenters. The van der Waals surface area contributed by atoms with Gasteiger partial charge >= 0.3 is 0 Å². The zero-order valence-electron chi connectivity index (χ0n) is 10.6. The molecule has 2 nitrogen and oxygen atoms in total. The predicted octanol–water partition coefficient (Wildman–Crippen LogP) is 4.07. The molecule has 0 amide bonds. The van der Waals surface area contributed by atoms with Crippen LogP contribution in [0.15, 0.2) is 34.5 Å². The Morgan fingerprint density at radius 2 is 2.18 bits per heavy atom. The third-order valence-corrected chi connectivity index (χ3v) is 4.15. The summed E-state index contributed by atoms with van der Waals surface area (Å²) in [7, 11) is 0. The van der Waals surface area contributed by atoms with Crippen molar-refractivity contribution in [1.82, 2.24) is 0 Å². The maximum atomic E-state index is 9.68. The minimum absolute atomic E-state index is 0.443. The number of hydrogen-bond acceptors (Lipinski definition) is 2. The average Bonchev–Trinajstić information content (AvgIpc) is 3.04. The van der Waals surface area contributed by atoms with Crippen molar-refractivity contribution in [2.45, 2.75) is 45.1 Å². The number of hydrogen-bond donors (Lipinski definition) is 1. The number of allylic oxidation sites excluding steroid dienone is 4. The fraction of sp³-hybridized carbons (Fsp3) is 0.571. The van der Waals surface area contributed by atoms with E-state index in [0.29, 0.717) is 13.0 Å². The molecule has 0 aromatic heterocycles. The Labute approximate surface area is 112 Å². The minimum Gasteiger partial charge on any atom is -0.493 e. The van der Waals surface area contributed by atoms with Gasteiger partial charge in [0.05, 0.1) is 12.2 Å². The Kier molecular flexibility index (Phi) is 5.47. The zero-order valence-corrected chi connectivity index (χ0v) is 12.2. The average molecular weight is 301 g/mol. The molecule has 1 saturated carbocycles. The van der Waals surface area contributed by atoms with E-state index in [0.717, 1.165) is 30.6 Å². The summed E-state index contributed by atoms with van der Waals surface area (Å²) in [5.74, 6) is 0.761. The van der Waals surface area contributed by atoms with E-state index in [1.165, 1.54) is 4.48 Å². The lowest BCUT2D eigenvalue weighted by molar-refractivity contribution is 0.0999. The van der Waals surface area contributed by atoms with Crippen molar-refractivity contribution < 1.29 is 9.84 Å². The van der Waals surface area contributed by atoms with Crippen LogP contribution in [0.1, 0.15) is 39.5 Å². The van der Waals surface area contributed by atoms with E-state index in [2.05, 4.69) is 29.4 Å². The Balaban J connectivity index is 2.47. The van der Waals surface area contributed by atoms with Gasteiger partial charge in [-0.2, -0.15) is 0 Å². The van der Waals surface area contributed by atoms with Gasteiger partial charge in [-0.1, -0.05) is 29.4 Å². The fourth-order valence-electron chi connectivity index (χ4n) is 1.48. The second-order valence-corrected chi connectivity index (χ2v) is 5.47. The Morgan fingerprint density at radius 1 is 1.53 bits per heavy atom. The summed E-state index contributed by atoms with van der Waals surface area (Å²) in [6.07, 6.45) is 7.16. The molecule has 0 spiro atoms. The first-order valence-electron chi connectivity index (χ1n) is 6.05. The van der Waals surface area contributed by atoms with Gasteiger partial charge in [0.2, 0.25) is 0 Å². The van der Waals surface area contributed by atoms with Crippen molar-refractivity contribution in [1.29, 1.82) is 0 Å². The van der Waals surface area contributed by atoms with Crippen LogP contribution in [0.25, 0.3) is 0 Å². The molecule has 3 heteroatoms. The van der Waals surface area contributed by atoms with Crippen LogP contribution in [-0.2, 0) is 4.74 Å². The van der Waals surface area contributed by atoms with Gasteiger partial charge in [-0.15, -0.1) is 0 Å². The van der Waals surface area contributed by atoms with E-state index in [9.17, 15) is 5.11 Å². The van der Waals surface area contributed by atoms with E-state index in [-0.39, 0.29) is 0 Å². The van der Waals surface area contributed by atoms with E-state index >= 15 is 0 Å². The molecule has 1 rings (SSSR count). The van der Waals surface area contributed by atoms with E-state index in [1.807, 2.05) is 13.0 Å². The number of aliphatic hydroxyl groups is 1. The highest BCUT2D eigenvalue weighted by Gasteiger charge is 2.39. The third-order valence-electron chi connectivity index (χ3n) is 2.96. The molecule has 0 aliphatic heterocycles. The molecule has 17 heavy (non-hydrogen) atoms. The molecule has 0 heterocycles. The van der Waals surface area contributed by atoms with Crippen LogP contribution in [0.3, 0.4) is 0 Å². The van der Waals surface area contributed by atoms with Gasteiger partial charge in [-0.25, -0.2) is 0 Å². The van der Waals surface area contributed by atoms with Crippen LogP contribution in [0.2, 0.25) is 0 Å². The standard InChI is InChI=1S/C14H21BrO2/c1-4-12(10-11(3)13(15)5-2)17-9-8-14(16)6-7-14/h4,10,16H,1,5-9H2,2-3H3/b12-10+,13-11+. The molecule has 1 aliphatic carbocycles. The van der Waals surface area contributed by atoms with Crippen molar-refractivity contribution in [2.24, 2.45) is 0 Å². The van der Waals surface area contributed by atoms with Gasteiger partial charge in [-0.05, 0) is 48.4 Å². The zero-order chi connectivity index (χ0) is 12.9. The molecule has 0 radical (unpaired) electrons. The van der Waals surface area contributed by atoms with Crippen molar-refractivity contribution in [3.63, 3.8) is 0 Å². The van der Waals surface area contributed by atoms with Crippen LogP contribution in [-0.4, -0.2) is 17.3 Å².